The van der Waals surface area contributed by atoms with Gasteiger partial charge in [-0.15, -0.1) is 0 Å². The lowest BCUT2D eigenvalue weighted by atomic mass is 10.2. The van der Waals surface area contributed by atoms with Crippen molar-refractivity contribution in [2.75, 3.05) is 20.6 Å². The second-order valence-electron chi connectivity index (χ2n) is 4.49. The zero-order chi connectivity index (χ0) is 15.3. The molecule has 0 aromatic carbocycles. The van der Waals surface area contributed by atoms with Crippen LogP contribution in [0.3, 0.4) is 0 Å². The smallest absolute Gasteiger partial charge is 0.244 e. The lowest BCUT2D eigenvalue weighted by Gasteiger charge is -2.20. The Hall–Kier alpha value is -1.51. The largest absolute Gasteiger partial charge is 0.359 e. The molecule has 1 aromatic heterocycles. The van der Waals surface area contributed by atoms with E-state index >= 15 is 0 Å². The van der Waals surface area contributed by atoms with Crippen molar-refractivity contribution >= 4 is 15.9 Å². The number of sulfonamides is 1. The Bertz CT molecular complexity index is 557. The summed E-state index contributed by atoms with van der Waals surface area (Å²) in [5.41, 5.74) is 6.03. The SMILES string of the molecule is CNC(=O)C(C)CN(C)S(=O)(=O)c1ccc(CN)nc1. The van der Waals surface area contributed by atoms with E-state index in [1.54, 1.807) is 13.0 Å². The van der Waals surface area contributed by atoms with Crippen molar-refractivity contribution in [3.05, 3.63) is 24.0 Å². The van der Waals surface area contributed by atoms with Crippen LogP contribution in [0.2, 0.25) is 0 Å². The number of nitrogens with one attached hydrogen (secondary N) is 1. The molecular weight excluding hydrogens is 280 g/mol. The summed E-state index contributed by atoms with van der Waals surface area (Å²) in [6.45, 7) is 2.02. The molecule has 0 spiro atoms. The molecule has 1 unspecified atom stereocenters. The third kappa shape index (κ3) is 3.75. The van der Waals surface area contributed by atoms with E-state index < -0.39 is 15.9 Å². The van der Waals surface area contributed by atoms with Crippen LogP contribution < -0.4 is 11.1 Å². The van der Waals surface area contributed by atoms with Gasteiger partial charge in [-0.25, -0.2) is 12.7 Å². The van der Waals surface area contributed by atoms with Gasteiger partial charge >= 0.3 is 0 Å². The highest BCUT2D eigenvalue weighted by Crippen LogP contribution is 2.15. The van der Waals surface area contributed by atoms with Crippen LogP contribution in [0.1, 0.15) is 12.6 Å². The topological polar surface area (TPSA) is 105 Å². The van der Waals surface area contributed by atoms with Crippen molar-refractivity contribution in [3.8, 4) is 0 Å². The number of nitrogens with zero attached hydrogens (tertiary/aromatic N) is 2. The zero-order valence-corrected chi connectivity index (χ0v) is 12.6. The van der Waals surface area contributed by atoms with Gasteiger partial charge in [-0.05, 0) is 12.1 Å². The van der Waals surface area contributed by atoms with Crippen LogP contribution in [0.4, 0.5) is 0 Å². The van der Waals surface area contributed by atoms with Crippen LogP contribution in [0.5, 0.6) is 0 Å². The standard InChI is InChI=1S/C12H20N4O3S/c1-9(12(17)14-2)8-16(3)20(18,19)11-5-4-10(6-13)15-7-11/h4-5,7,9H,6,8,13H2,1-3H3,(H,14,17). The molecule has 1 heterocycles. The summed E-state index contributed by atoms with van der Waals surface area (Å²) in [6.07, 6.45) is 1.28. The average molecular weight is 300 g/mol. The first-order chi connectivity index (χ1) is 9.32. The summed E-state index contributed by atoms with van der Waals surface area (Å²) >= 11 is 0. The molecule has 0 radical (unpaired) electrons. The molecule has 1 amide bonds. The van der Waals surface area contributed by atoms with Crippen molar-refractivity contribution in [3.63, 3.8) is 0 Å². The normalized spacial score (nSPS) is 13.2. The van der Waals surface area contributed by atoms with Gasteiger partial charge < -0.3 is 11.1 Å². The van der Waals surface area contributed by atoms with Gasteiger partial charge in [0.05, 0.1) is 5.69 Å². The fourth-order valence-electron chi connectivity index (χ4n) is 1.68. The number of amides is 1. The van der Waals surface area contributed by atoms with Crippen LogP contribution in [0, 0.1) is 5.92 Å². The number of nitrogens with two attached hydrogens (primary N) is 1. The summed E-state index contributed by atoms with van der Waals surface area (Å²) in [6, 6.07) is 3.04. The van der Waals surface area contributed by atoms with E-state index in [2.05, 4.69) is 10.3 Å². The Morgan fingerprint density at radius 2 is 2.15 bits per heavy atom. The predicted molar refractivity (Wildman–Crippen MR) is 75.2 cm³/mol. The first kappa shape index (κ1) is 16.5. The van der Waals surface area contributed by atoms with Gasteiger partial charge in [0.2, 0.25) is 15.9 Å². The molecule has 0 aliphatic heterocycles. The van der Waals surface area contributed by atoms with E-state index in [-0.39, 0.29) is 23.9 Å². The third-order valence-electron chi connectivity index (χ3n) is 2.94. The van der Waals surface area contributed by atoms with Gasteiger partial charge in [-0.2, -0.15) is 0 Å². The van der Waals surface area contributed by atoms with Crippen molar-refractivity contribution < 1.29 is 13.2 Å². The minimum absolute atomic E-state index is 0.0845. The Morgan fingerprint density at radius 1 is 1.50 bits per heavy atom. The summed E-state index contributed by atoms with van der Waals surface area (Å²) in [4.78, 5) is 15.5. The van der Waals surface area contributed by atoms with Gasteiger partial charge in [0.25, 0.3) is 0 Å². The lowest BCUT2D eigenvalue weighted by molar-refractivity contribution is -0.124. The zero-order valence-electron chi connectivity index (χ0n) is 11.8. The monoisotopic (exact) mass is 300 g/mol. The van der Waals surface area contributed by atoms with Crippen LogP contribution in [0.25, 0.3) is 0 Å². The average Bonchev–Trinajstić information content (AvgIpc) is 2.46. The molecule has 0 saturated carbocycles. The highest BCUT2D eigenvalue weighted by molar-refractivity contribution is 7.89. The first-order valence-corrected chi connectivity index (χ1v) is 7.59. The number of carbonyl (C=O) groups excluding carboxylic acids is 1. The van der Waals surface area contributed by atoms with Crippen LogP contribution in [0.15, 0.2) is 23.2 Å². The van der Waals surface area contributed by atoms with E-state index in [0.717, 1.165) is 4.31 Å². The quantitative estimate of drug-likeness (QED) is 0.740. The van der Waals surface area contributed by atoms with Gasteiger partial charge in [-0.1, -0.05) is 6.92 Å². The van der Waals surface area contributed by atoms with E-state index in [0.29, 0.717) is 5.69 Å². The van der Waals surface area contributed by atoms with Crippen molar-refractivity contribution in [1.29, 1.82) is 0 Å². The number of carbonyl (C=O) groups is 1. The molecule has 0 fully saturated rings. The van der Waals surface area contributed by atoms with E-state index in [9.17, 15) is 13.2 Å². The van der Waals surface area contributed by atoms with Gasteiger partial charge in [0.1, 0.15) is 4.90 Å². The number of rotatable bonds is 6. The summed E-state index contributed by atoms with van der Waals surface area (Å²) < 4.78 is 25.7. The maximum atomic E-state index is 12.3. The van der Waals surface area contributed by atoms with Crippen molar-refractivity contribution in [1.82, 2.24) is 14.6 Å². The van der Waals surface area contributed by atoms with E-state index in [4.69, 9.17) is 5.73 Å². The minimum Gasteiger partial charge on any atom is -0.359 e. The molecule has 0 saturated heterocycles. The number of pyridine rings is 1. The van der Waals surface area contributed by atoms with Crippen LogP contribution >= 0.6 is 0 Å². The molecule has 1 rings (SSSR count). The molecule has 8 heteroatoms. The van der Waals surface area contributed by atoms with Crippen LogP contribution in [-0.4, -0.2) is 44.3 Å². The van der Waals surface area contributed by atoms with E-state index in [1.807, 2.05) is 0 Å². The van der Waals surface area contributed by atoms with Crippen molar-refractivity contribution in [2.45, 2.75) is 18.4 Å². The molecule has 3 N–H and O–H groups in total. The van der Waals surface area contributed by atoms with Crippen molar-refractivity contribution in [2.24, 2.45) is 11.7 Å². The number of aromatic nitrogens is 1. The molecular formula is C12H20N4O3S. The molecule has 0 bridgehead atoms. The van der Waals surface area contributed by atoms with Gasteiger partial charge in [-0.3, -0.25) is 9.78 Å². The van der Waals surface area contributed by atoms with Gasteiger partial charge in [0, 0.05) is 39.3 Å². The first-order valence-electron chi connectivity index (χ1n) is 6.15. The molecule has 112 valence electrons. The Balaban J connectivity index is 2.89. The molecule has 0 aliphatic carbocycles. The van der Waals surface area contributed by atoms with E-state index in [1.165, 1.54) is 26.4 Å². The highest BCUT2D eigenvalue weighted by Gasteiger charge is 2.24. The second-order valence-corrected chi connectivity index (χ2v) is 6.54. The summed E-state index contributed by atoms with van der Waals surface area (Å²) in [5, 5.41) is 2.49. The summed E-state index contributed by atoms with van der Waals surface area (Å²) in [7, 11) is -0.698. The third-order valence-corrected chi connectivity index (χ3v) is 4.75. The van der Waals surface area contributed by atoms with Gasteiger partial charge in [0.15, 0.2) is 0 Å². The Kier molecular flexibility index (Phi) is 5.61. The highest BCUT2D eigenvalue weighted by atomic mass is 32.2. The molecule has 7 nitrogen and oxygen atoms in total. The fourth-order valence-corrected chi connectivity index (χ4v) is 2.88. The fraction of sp³-hybridized carbons (Fsp3) is 0.500. The molecule has 0 aliphatic rings. The number of hydrogen-bond donors (Lipinski definition) is 2. The minimum atomic E-state index is -3.65. The maximum absolute atomic E-state index is 12.3. The van der Waals surface area contributed by atoms with Crippen LogP contribution in [-0.2, 0) is 21.4 Å². The second kappa shape index (κ2) is 6.78. The molecule has 20 heavy (non-hydrogen) atoms. The maximum Gasteiger partial charge on any atom is 0.244 e. The number of hydrogen-bond acceptors (Lipinski definition) is 5. The lowest BCUT2D eigenvalue weighted by Crippen LogP contribution is -2.37. The Labute approximate surface area is 119 Å². The Morgan fingerprint density at radius 3 is 2.60 bits per heavy atom. The predicted octanol–water partition coefficient (Wildman–Crippen LogP) is -0.457. The summed E-state index contributed by atoms with van der Waals surface area (Å²) in [5.74, 6) is -0.639. The molecule has 1 atom stereocenters. The molecule has 1 aromatic rings.